The van der Waals surface area contributed by atoms with E-state index >= 15 is 0 Å². The molecule has 4 amide bonds. The maximum Gasteiger partial charge on any atom is 0.321 e. The molecule has 2 saturated carbocycles. The molecular formula is C36H50N6O5. The lowest BCUT2D eigenvalue weighted by Crippen LogP contribution is -2.38. The van der Waals surface area contributed by atoms with Crippen LogP contribution in [0.4, 0.5) is 21.0 Å². The maximum absolute atomic E-state index is 12.1. The number of ether oxygens (including phenoxy) is 2. The van der Waals surface area contributed by atoms with E-state index in [-0.39, 0.29) is 43.7 Å². The van der Waals surface area contributed by atoms with Crippen LogP contribution in [-0.2, 0) is 15.6 Å². The summed E-state index contributed by atoms with van der Waals surface area (Å²) in [6, 6.07) is 11.7. The Labute approximate surface area is 278 Å². The zero-order valence-electron chi connectivity index (χ0n) is 26.4. The van der Waals surface area contributed by atoms with E-state index in [0.717, 1.165) is 67.0 Å². The largest absolute Gasteiger partial charge is 0.493 e. The number of fused-ring (bicyclic) bond motifs is 4. The number of carbonyl (C=O) groups excluding carboxylic acids is 3. The van der Waals surface area contributed by atoms with Gasteiger partial charge in [-0.1, -0.05) is 14.9 Å². The number of benzene rings is 2. The summed E-state index contributed by atoms with van der Waals surface area (Å²) >= 11 is 0. The molecule has 3 aromatic rings. The average molecular weight is 647 g/mol. The number of urea groups is 2. The van der Waals surface area contributed by atoms with Crippen molar-refractivity contribution in [2.24, 2.45) is 5.92 Å². The molecule has 254 valence electrons. The van der Waals surface area contributed by atoms with Crippen LogP contribution in [0.15, 0.2) is 48.9 Å². The second-order valence-electron chi connectivity index (χ2n) is 12.2. The summed E-state index contributed by atoms with van der Waals surface area (Å²) in [6.07, 6.45) is 8.57. The van der Waals surface area contributed by atoms with E-state index in [1.165, 1.54) is 11.3 Å². The lowest BCUT2D eigenvalue weighted by atomic mass is 9.86. The first-order chi connectivity index (χ1) is 21.8. The first-order valence-corrected chi connectivity index (χ1v) is 15.8. The molecule has 1 aromatic heterocycles. The molecule has 2 fully saturated rings. The van der Waals surface area contributed by atoms with Gasteiger partial charge in [-0.2, -0.15) is 0 Å². The zero-order chi connectivity index (χ0) is 31.8. The van der Waals surface area contributed by atoms with Crippen molar-refractivity contribution in [3.05, 3.63) is 65.7 Å². The normalized spacial score (nSPS) is 23.8. The fourth-order valence-corrected chi connectivity index (χ4v) is 7.37. The minimum absolute atomic E-state index is 0. The van der Waals surface area contributed by atoms with E-state index in [0.29, 0.717) is 25.6 Å². The molecule has 2 aromatic carbocycles. The van der Waals surface area contributed by atoms with E-state index in [1.54, 1.807) is 30.2 Å². The van der Waals surface area contributed by atoms with Crippen molar-refractivity contribution in [2.75, 3.05) is 50.2 Å². The Morgan fingerprint density at radius 1 is 0.894 bits per heavy atom. The third kappa shape index (κ3) is 6.15. The van der Waals surface area contributed by atoms with Crippen LogP contribution in [0.25, 0.3) is 0 Å². The summed E-state index contributed by atoms with van der Waals surface area (Å²) in [5.74, 6) is 2.33. The minimum atomic E-state index is -0.133. The van der Waals surface area contributed by atoms with Crippen LogP contribution in [0.5, 0.6) is 11.5 Å². The number of aromatic nitrogens is 2. The summed E-state index contributed by atoms with van der Waals surface area (Å²) in [5, 5.41) is 5.35. The number of amides is 4. The fourth-order valence-electron chi connectivity index (χ4n) is 7.37. The second-order valence-corrected chi connectivity index (χ2v) is 12.2. The van der Waals surface area contributed by atoms with E-state index < -0.39 is 0 Å². The number of hydrogen-bond acceptors (Lipinski definition) is 6. The second kappa shape index (κ2) is 14.1. The minimum Gasteiger partial charge on any atom is -0.493 e. The van der Waals surface area contributed by atoms with Crippen LogP contribution in [0.2, 0.25) is 0 Å². The van der Waals surface area contributed by atoms with Crippen LogP contribution in [-0.4, -0.2) is 68.7 Å². The molecule has 4 unspecified atom stereocenters. The van der Waals surface area contributed by atoms with Gasteiger partial charge in [-0.15, -0.1) is 0 Å². The molecule has 47 heavy (non-hydrogen) atoms. The summed E-state index contributed by atoms with van der Waals surface area (Å²) in [5.41, 5.74) is 5.28. The molecule has 4 atom stereocenters. The van der Waals surface area contributed by atoms with Crippen LogP contribution in [0.1, 0.15) is 77.1 Å². The fraction of sp³-hybridized carbons (Fsp3) is 0.500. The molecule has 2 aliphatic heterocycles. The van der Waals surface area contributed by atoms with Crippen LogP contribution in [0.3, 0.4) is 0 Å². The van der Waals surface area contributed by atoms with Crippen molar-refractivity contribution in [1.82, 2.24) is 20.6 Å². The van der Waals surface area contributed by atoms with Gasteiger partial charge in [0.2, 0.25) is 0 Å². The molecule has 0 bridgehead atoms. The highest BCUT2D eigenvalue weighted by Crippen LogP contribution is 2.65. The van der Waals surface area contributed by atoms with Crippen LogP contribution < -0.4 is 29.9 Å². The van der Waals surface area contributed by atoms with Crippen LogP contribution in [0, 0.1) is 5.92 Å². The topological polar surface area (TPSA) is 129 Å². The summed E-state index contributed by atoms with van der Waals surface area (Å²) < 4.78 is 11.6. The van der Waals surface area contributed by atoms with Crippen molar-refractivity contribution >= 4 is 29.7 Å². The highest BCUT2D eigenvalue weighted by molar-refractivity contribution is 5.92. The first kappa shape index (κ1) is 35.3. The van der Waals surface area contributed by atoms with Crippen molar-refractivity contribution < 1.29 is 23.9 Å². The number of hydrogen-bond donors (Lipinski definition) is 3. The SMILES string of the molecule is C.C.CCN(C(=O)NC)c1ccc2c(c1)C1(CCO2)CC1C=O.CCN(C(=O)NC)c1ccc2c(c1)C1(CCO2)CC1c1cnc[nH]1. The third-order valence-corrected chi connectivity index (χ3v) is 10.1. The summed E-state index contributed by atoms with van der Waals surface area (Å²) in [7, 11) is 3.28. The number of aldehydes is 1. The molecule has 3 heterocycles. The smallest absolute Gasteiger partial charge is 0.321 e. The monoisotopic (exact) mass is 646 g/mol. The molecule has 11 nitrogen and oxygen atoms in total. The van der Waals surface area contributed by atoms with E-state index in [4.69, 9.17) is 9.47 Å². The lowest BCUT2D eigenvalue weighted by Gasteiger charge is -2.29. The molecule has 2 spiro atoms. The molecule has 0 radical (unpaired) electrons. The summed E-state index contributed by atoms with van der Waals surface area (Å²) in [4.78, 5) is 46.1. The molecule has 0 saturated heterocycles. The van der Waals surface area contributed by atoms with Gasteiger partial charge in [-0.05, 0) is 75.9 Å². The Balaban J connectivity index is 0.000000206. The third-order valence-electron chi connectivity index (χ3n) is 10.1. The van der Waals surface area contributed by atoms with E-state index in [2.05, 4.69) is 26.7 Å². The molecule has 7 rings (SSSR count). The van der Waals surface area contributed by atoms with E-state index in [1.807, 2.05) is 50.4 Å². The number of nitrogens with zero attached hydrogens (tertiary/aromatic N) is 3. The van der Waals surface area contributed by atoms with Gasteiger partial charge in [-0.25, -0.2) is 14.6 Å². The predicted octanol–water partition coefficient (Wildman–Crippen LogP) is 6.15. The molecule has 2 aliphatic carbocycles. The van der Waals surface area contributed by atoms with Gasteiger partial charge < -0.3 is 29.9 Å². The first-order valence-electron chi connectivity index (χ1n) is 15.8. The quantitative estimate of drug-likeness (QED) is 0.276. The Morgan fingerprint density at radius 2 is 1.43 bits per heavy atom. The van der Waals surface area contributed by atoms with Crippen molar-refractivity contribution in [2.45, 2.75) is 71.1 Å². The Morgan fingerprint density at radius 3 is 1.87 bits per heavy atom. The van der Waals surface area contributed by atoms with Gasteiger partial charge in [0.05, 0.1) is 19.5 Å². The molecule has 11 heteroatoms. The Hall–Kier alpha value is -4.54. The van der Waals surface area contributed by atoms with Crippen molar-refractivity contribution in [3.63, 3.8) is 0 Å². The number of nitrogens with one attached hydrogen (secondary N) is 3. The van der Waals surface area contributed by atoms with Crippen LogP contribution >= 0.6 is 0 Å². The highest BCUT2D eigenvalue weighted by atomic mass is 16.5. The molecule has 4 aliphatic rings. The highest BCUT2D eigenvalue weighted by Gasteiger charge is 2.59. The zero-order valence-corrected chi connectivity index (χ0v) is 26.4. The predicted molar refractivity (Wildman–Crippen MR) is 185 cm³/mol. The van der Waals surface area contributed by atoms with Crippen molar-refractivity contribution in [3.8, 4) is 11.5 Å². The lowest BCUT2D eigenvalue weighted by molar-refractivity contribution is -0.109. The maximum atomic E-state index is 12.1. The van der Waals surface area contributed by atoms with Gasteiger partial charge in [0, 0.05) is 84.2 Å². The number of carbonyl (C=O) groups is 3. The van der Waals surface area contributed by atoms with Gasteiger partial charge in [-0.3, -0.25) is 9.80 Å². The Kier molecular flexibility index (Phi) is 10.6. The average Bonchev–Trinajstić information content (AvgIpc) is 3.89. The standard InChI is InChI=1S/C18H22N4O2.C16H20N2O3.2CH4/c1-3-22(17(23)19-2)12-4-5-16-13(8-12)18(6-7-24-16)9-14(18)15-10-20-11-21-15;1-3-18(15(20)17-2)12-4-5-14-13(8-12)16(6-7-21-14)9-11(16)10-19;;/h4-5,8,10-11,14H,3,6-7,9H2,1-2H3,(H,19,23)(H,20,21);4-5,8,10-11H,3,6-7,9H2,1-2H3,(H,17,20);2*1H4. The summed E-state index contributed by atoms with van der Waals surface area (Å²) in [6.45, 7) is 6.52. The number of aromatic amines is 1. The molecule has 3 N–H and O–H groups in total. The number of anilines is 2. The molecular weight excluding hydrogens is 596 g/mol. The van der Waals surface area contributed by atoms with Gasteiger partial charge in [0.1, 0.15) is 17.8 Å². The number of H-pyrrole nitrogens is 1. The van der Waals surface area contributed by atoms with Gasteiger partial charge >= 0.3 is 12.1 Å². The van der Waals surface area contributed by atoms with Gasteiger partial charge in [0.15, 0.2) is 0 Å². The Bertz CT molecular complexity index is 1580. The number of rotatable bonds is 6. The van der Waals surface area contributed by atoms with Crippen molar-refractivity contribution in [1.29, 1.82) is 0 Å². The van der Waals surface area contributed by atoms with E-state index in [9.17, 15) is 14.4 Å². The number of imidazole rings is 1. The van der Waals surface area contributed by atoms with Gasteiger partial charge in [0.25, 0.3) is 0 Å².